The topological polar surface area (TPSA) is 55.4 Å². The second-order valence-electron chi connectivity index (χ2n) is 2.02. The van der Waals surface area contributed by atoms with E-state index in [1.54, 1.807) is 6.92 Å². The minimum absolute atomic E-state index is 0.118. The summed E-state index contributed by atoms with van der Waals surface area (Å²) in [5, 5.41) is -0.411. The van der Waals surface area contributed by atoms with Crippen molar-refractivity contribution >= 4 is 10.0 Å². The molecule has 0 bridgehead atoms. The predicted molar refractivity (Wildman–Crippen MR) is 32.3 cm³/mol. The standard InChI is InChI=1S/C4H9NO3S/c1-4-2-8-3-5-9(4,6)7/h4-5H,2-3H2,1H3. The van der Waals surface area contributed by atoms with E-state index >= 15 is 0 Å². The summed E-state index contributed by atoms with van der Waals surface area (Å²) in [6.45, 7) is 2.03. The minimum Gasteiger partial charge on any atom is -0.364 e. The van der Waals surface area contributed by atoms with Gasteiger partial charge in [-0.2, -0.15) is 4.72 Å². The molecule has 0 spiro atoms. The molecule has 1 unspecified atom stereocenters. The average molecular weight is 151 g/mol. The van der Waals surface area contributed by atoms with Crippen LogP contribution in [0.5, 0.6) is 0 Å². The monoisotopic (exact) mass is 151 g/mol. The Morgan fingerprint density at radius 2 is 2.33 bits per heavy atom. The van der Waals surface area contributed by atoms with Crippen molar-refractivity contribution in [2.45, 2.75) is 12.2 Å². The molecule has 0 amide bonds. The smallest absolute Gasteiger partial charge is 0.218 e. The van der Waals surface area contributed by atoms with Gasteiger partial charge in [0.05, 0.1) is 11.9 Å². The molecular formula is C4H9NO3S. The first kappa shape index (κ1) is 6.98. The molecule has 0 aromatic carbocycles. The van der Waals surface area contributed by atoms with E-state index in [9.17, 15) is 8.42 Å². The highest BCUT2D eigenvalue weighted by atomic mass is 32.2. The predicted octanol–water partition coefficient (Wildman–Crippen LogP) is -0.718. The molecule has 54 valence electrons. The van der Waals surface area contributed by atoms with Crippen LogP contribution in [0.3, 0.4) is 0 Å². The number of nitrogens with one attached hydrogen (secondary N) is 1. The third kappa shape index (κ3) is 1.41. The number of hydrogen-bond acceptors (Lipinski definition) is 3. The van der Waals surface area contributed by atoms with Gasteiger partial charge in [0, 0.05) is 0 Å². The largest absolute Gasteiger partial charge is 0.364 e. The summed E-state index contributed by atoms with van der Waals surface area (Å²) in [5.41, 5.74) is 0. The first-order valence-corrected chi connectivity index (χ1v) is 4.24. The zero-order valence-corrected chi connectivity index (χ0v) is 5.94. The van der Waals surface area contributed by atoms with E-state index in [4.69, 9.17) is 4.74 Å². The van der Waals surface area contributed by atoms with Gasteiger partial charge in [-0.05, 0) is 6.92 Å². The normalized spacial score (nSPS) is 34.1. The van der Waals surface area contributed by atoms with Gasteiger partial charge in [-0.1, -0.05) is 0 Å². The van der Waals surface area contributed by atoms with Crippen molar-refractivity contribution in [1.29, 1.82) is 0 Å². The van der Waals surface area contributed by atoms with Crippen LogP contribution in [0.2, 0.25) is 0 Å². The van der Waals surface area contributed by atoms with Crippen molar-refractivity contribution < 1.29 is 13.2 Å². The van der Waals surface area contributed by atoms with Crippen LogP contribution in [0.15, 0.2) is 0 Å². The van der Waals surface area contributed by atoms with E-state index < -0.39 is 15.3 Å². The summed E-state index contributed by atoms with van der Waals surface area (Å²) in [6.07, 6.45) is 0. The molecule has 1 heterocycles. The first-order valence-electron chi connectivity index (χ1n) is 2.69. The number of hydrogen-bond donors (Lipinski definition) is 1. The number of ether oxygens (including phenoxy) is 1. The summed E-state index contributed by atoms with van der Waals surface area (Å²) in [5.74, 6) is 0. The lowest BCUT2D eigenvalue weighted by Crippen LogP contribution is -2.42. The third-order valence-corrected chi connectivity index (χ3v) is 2.96. The van der Waals surface area contributed by atoms with Crippen LogP contribution >= 0.6 is 0 Å². The molecule has 0 aromatic rings. The molecule has 1 saturated heterocycles. The molecule has 1 aliphatic rings. The van der Waals surface area contributed by atoms with Crippen LogP contribution in [0.1, 0.15) is 6.92 Å². The summed E-state index contributed by atoms with van der Waals surface area (Å²) in [6, 6.07) is 0. The Kier molecular flexibility index (Phi) is 1.74. The Labute approximate surface area is 54.3 Å². The van der Waals surface area contributed by atoms with E-state index in [0.717, 1.165) is 0 Å². The summed E-state index contributed by atoms with van der Waals surface area (Å²) in [7, 11) is -3.04. The van der Waals surface area contributed by atoms with E-state index in [-0.39, 0.29) is 6.73 Å². The van der Waals surface area contributed by atoms with Crippen LogP contribution in [0.25, 0.3) is 0 Å². The third-order valence-electron chi connectivity index (χ3n) is 1.24. The molecule has 1 fully saturated rings. The maximum absolute atomic E-state index is 10.8. The van der Waals surface area contributed by atoms with Gasteiger partial charge >= 0.3 is 0 Å². The van der Waals surface area contributed by atoms with Gasteiger partial charge in [0.25, 0.3) is 0 Å². The Morgan fingerprint density at radius 1 is 1.67 bits per heavy atom. The molecule has 1 N–H and O–H groups in total. The molecule has 0 aliphatic carbocycles. The van der Waals surface area contributed by atoms with Crippen molar-refractivity contribution in [3.05, 3.63) is 0 Å². The molecule has 4 nitrogen and oxygen atoms in total. The van der Waals surface area contributed by atoms with Crippen LogP contribution in [0, 0.1) is 0 Å². The van der Waals surface area contributed by atoms with E-state index in [0.29, 0.717) is 6.61 Å². The highest BCUT2D eigenvalue weighted by Crippen LogP contribution is 2.02. The van der Waals surface area contributed by atoms with Gasteiger partial charge in [0.15, 0.2) is 0 Å². The zero-order valence-electron chi connectivity index (χ0n) is 5.12. The number of sulfonamides is 1. The molecule has 9 heavy (non-hydrogen) atoms. The fourth-order valence-corrected chi connectivity index (χ4v) is 1.39. The fourth-order valence-electron chi connectivity index (χ4n) is 0.581. The van der Waals surface area contributed by atoms with Gasteiger partial charge < -0.3 is 4.74 Å². The van der Waals surface area contributed by atoms with Crippen LogP contribution in [-0.2, 0) is 14.8 Å². The lowest BCUT2D eigenvalue weighted by atomic mass is 10.5. The van der Waals surface area contributed by atoms with Crippen LogP contribution < -0.4 is 4.72 Å². The quantitative estimate of drug-likeness (QED) is 0.497. The average Bonchev–Trinajstić information content (AvgIpc) is 1.77. The summed E-state index contributed by atoms with van der Waals surface area (Å²) >= 11 is 0. The van der Waals surface area contributed by atoms with Gasteiger partial charge in [0.1, 0.15) is 6.73 Å². The van der Waals surface area contributed by atoms with Crippen molar-refractivity contribution in [2.24, 2.45) is 0 Å². The SMILES string of the molecule is CC1COCNS1(=O)=O. The Morgan fingerprint density at radius 3 is 2.67 bits per heavy atom. The molecule has 0 aromatic heterocycles. The Hall–Kier alpha value is -0.130. The Bertz CT molecular complexity index is 186. The van der Waals surface area contributed by atoms with E-state index in [1.165, 1.54) is 0 Å². The van der Waals surface area contributed by atoms with Gasteiger partial charge in [-0.3, -0.25) is 0 Å². The van der Waals surface area contributed by atoms with Crippen molar-refractivity contribution in [3.63, 3.8) is 0 Å². The number of rotatable bonds is 0. The molecule has 0 saturated carbocycles. The lowest BCUT2D eigenvalue weighted by molar-refractivity contribution is 0.120. The Balaban J connectivity index is 2.72. The van der Waals surface area contributed by atoms with Crippen molar-refractivity contribution in [3.8, 4) is 0 Å². The maximum Gasteiger partial charge on any atom is 0.218 e. The molecule has 0 radical (unpaired) electrons. The molecule has 1 atom stereocenters. The van der Waals surface area contributed by atoms with Crippen molar-refractivity contribution in [2.75, 3.05) is 13.3 Å². The second kappa shape index (κ2) is 2.24. The van der Waals surface area contributed by atoms with Crippen LogP contribution in [-0.4, -0.2) is 27.0 Å². The van der Waals surface area contributed by atoms with E-state index in [2.05, 4.69) is 4.72 Å². The first-order chi connectivity index (χ1) is 4.13. The van der Waals surface area contributed by atoms with Crippen molar-refractivity contribution in [1.82, 2.24) is 4.72 Å². The molecule has 5 heteroatoms. The highest BCUT2D eigenvalue weighted by Gasteiger charge is 2.23. The molecular weight excluding hydrogens is 142 g/mol. The van der Waals surface area contributed by atoms with Gasteiger partial charge in [-0.15, -0.1) is 0 Å². The van der Waals surface area contributed by atoms with Gasteiger partial charge in [0.2, 0.25) is 10.0 Å². The summed E-state index contributed by atoms with van der Waals surface area (Å²) in [4.78, 5) is 0. The van der Waals surface area contributed by atoms with E-state index in [1.807, 2.05) is 0 Å². The zero-order chi connectivity index (χ0) is 6.91. The lowest BCUT2D eigenvalue weighted by Gasteiger charge is -2.19. The van der Waals surface area contributed by atoms with Gasteiger partial charge in [-0.25, -0.2) is 8.42 Å². The second-order valence-corrected chi connectivity index (χ2v) is 4.20. The fraction of sp³-hybridized carbons (Fsp3) is 1.00. The summed E-state index contributed by atoms with van der Waals surface area (Å²) < 4.78 is 28.7. The maximum atomic E-state index is 10.8. The highest BCUT2D eigenvalue weighted by molar-refractivity contribution is 7.90. The van der Waals surface area contributed by atoms with Crippen LogP contribution in [0.4, 0.5) is 0 Å². The molecule has 1 aliphatic heterocycles. The molecule has 1 rings (SSSR count). The minimum atomic E-state index is -3.04.